The van der Waals surface area contributed by atoms with Gasteiger partial charge >= 0.3 is 5.97 Å². The summed E-state index contributed by atoms with van der Waals surface area (Å²) in [6, 6.07) is 7.38. The zero-order valence-electron chi connectivity index (χ0n) is 16.3. The third-order valence-corrected chi connectivity index (χ3v) is 7.79. The first-order chi connectivity index (χ1) is 14.5. The van der Waals surface area contributed by atoms with Crippen LogP contribution < -0.4 is 13.8 Å². The molecule has 1 amide bonds. The molecule has 0 bridgehead atoms. The van der Waals surface area contributed by atoms with Crippen molar-refractivity contribution in [2.75, 3.05) is 29.0 Å². The van der Waals surface area contributed by atoms with Gasteiger partial charge in [-0.05, 0) is 36.4 Å². The van der Waals surface area contributed by atoms with Gasteiger partial charge in [0.05, 0.1) is 41.9 Å². The number of sulfonamides is 2. The second-order valence-electron chi connectivity index (χ2n) is 6.35. The first-order valence-electron chi connectivity index (χ1n) is 8.64. The summed E-state index contributed by atoms with van der Waals surface area (Å²) in [4.78, 5) is 23.4. The summed E-state index contributed by atoms with van der Waals surface area (Å²) in [5.74, 6) is -1.83. The Labute approximate surface area is 183 Å². The van der Waals surface area contributed by atoms with Gasteiger partial charge in [0.25, 0.3) is 10.0 Å². The van der Waals surface area contributed by atoms with Crippen molar-refractivity contribution in [3.63, 3.8) is 0 Å². The SMILES string of the molecule is COC(=O)c1ccc(Cl)c(NS(=O)(=O)c2cc(N3C(=O)CCS3(=O)=O)ccc2OC)c1. The Balaban J connectivity index is 2.07. The Hall–Kier alpha value is -2.83. The minimum atomic E-state index is -4.38. The van der Waals surface area contributed by atoms with Gasteiger partial charge in [-0.25, -0.2) is 25.9 Å². The van der Waals surface area contributed by atoms with Crippen LogP contribution in [0.25, 0.3) is 0 Å². The fourth-order valence-electron chi connectivity index (χ4n) is 2.92. The molecule has 10 nitrogen and oxygen atoms in total. The number of rotatable bonds is 6. The first-order valence-corrected chi connectivity index (χ1v) is 12.1. The second-order valence-corrected chi connectivity index (χ2v) is 10.3. The zero-order chi connectivity index (χ0) is 23.0. The number of nitrogens with zero attached hydrogens (tertiary/aromatic N) is 1. The standard InChI is InChI=1S/C18H17ClN2O8S2/c1-28-15-6-4-12(21-17(22)7-8-30(21,24)25)10-16(15)31(26,27)20-14-9-11(18(23)29-2)3-5-13(14)19/h3-6,9-10,20H,7-8H2,1-2H3. The normalized spacial score (nSPS) is 15.6. The molecule has 31 heavy (non-hydrogen) atoms. The Morgan fingerprint density at radius 2 is 1.87 bits per heavy atom. The molecule has 0 aliphatic carbocycles. The molecule has 166 valence electrons. The lowest BCUT2D eigenvalue weighted by molar-refractivity contribution is -0.116. The summed E-state index contributed by atoms with van der Waals surface area (Å²) < 4.78 is 63.1. The molecule has 0 spiro atoms. The fourth-order valence-corrected chi connectivity index (χ4v) is 5.85. The molecule has 3 rings (SSSR count). The Morgan fingerprint density at radius 1 is 1.16 bits per heavy atom. The van der Waals surface area contributed by atoms with Gasteiger partial charge in [0, 0.05) is 6.42 Å². The van der Waals surface area contributed by atoms with Gasteiger partial charge in [-0.3, -0.25) is 9.52 Å². The predicted molar refractivity (Wildman–Crippen MR) is 112 cm³/mol. The van der Waals surface area contributed by atoms with Crippen molar-refractivity contribution in [2.45, 2.75) is 11.3 Å². The average molecular weight is 489 g/mol. The summed E-state index contributed by atoms with van der Waals surface area (Å²) in [6.07, 6.45) is -0.204. The van der Waals surface area contributed by atoms with E-state index in [2.05, 4.69) is 9.46 Å². The van der Waals surface area contributed by atoms with E-state index in [9.17, 15) is 26.4 Å². The molecular formula is C18H17ClN2O8S2. The van der Waals surface area contributed by atoms with E-state index >= 15 is 0 Å². The lowest BCUT2D eigenvalue weighted by Crippen LogP contribution is -2.29. The van der Waals surface area contributed by atoms with Gasteiger partial charge in [0.1, 0.15) is 10.6 Å². The third kappa shape index (κ3) is 4.45. The number of halogens is 1. The maximum absolute atomic E-state index is 13.1. The van der Waals surface area contributed by atoms with Crippen LogP contribution in [0.3, 0.4) is 0 Å². The van der Waals surface area contributed by atoms with Gasteiger partial charge in [0.2, 0.25) is 15.9 Å². The smallest absolute Gasteiger partial charge is 0.337 e. The van der Waals surface area contributed by atoms with Crippen LogP contribution in [-0.4, -0.2) is 48.7 Å². The monoisotopic (exact) mass is 488 g/mol. The van der Waals surface area contributed by atoms with Gasteiger partial charge in [-0.2, -0.15) is 0 Å². The summed E-state index contributed by atoms with van der Waals surface area (Å²) >= 11 is 6.06. The molecule has 0 aromatic heterocycles. The van der Waals surface area contributed by atoms with E-state index in [4.69, 9.17) is 16.3 Å². The van der Waals surface area contributed by atoms with Crippen molar-refractivity contribution in [3.05, 3.63) is 47.0 Å². The molecule has 1 fully saturated rings. The minimum Gasteiger partial charge on any atom is -0.495 e. The quantitative estimate of drug-likeness (QED) is 0.610. The van der Waals surface area contributed by atoms with Crippen molar-refractivity contribution in [1.82, 2.24) is 0 Å². The first kappa shape index (κ1) is 22.8. The zero-order valence-corrected chi connectivity index (χ0v) is 18.7. The third-order valence-electron chi connectivity index (χ3n) is 4.38. The van der Waals surface area contributed by atoms with E-state index in [-0.39, 0.29) is 39.9 Å². The number of esters is 1. The molecule has 1 aliphatic heterocycles. The largest absolute Gasteiger partial charge is 0.495 e. The van der Waals surface area contributed by atoms with Gasteiger partial charge in [-0.15, -0.1) is 0 Å². The van der Waals surface area contributed by atoms with Crippen LogP contribution in [0.15, 0.2) is 41.3 Å². The molecule has 1 heterocycles. The summed E-state index contributed by atoms with van der Waals surface area (Å²) in [7, 11) is -5.87. The van der Waals surface area contributed by atoms with Gasteiger partial charge in [0.15, 0.2) is 0 Å². The number of benzene rings is 2. The lowest BCUT2D eigenvalue weighted by Gasteiger charge is -2.18. The number of hydrogen-bond acceptors (Lipinski definition) is 8. The number of methoxy groups -OCH3 is 2. The van der Waals surface area contributed by atoms with Crippen molar-refractivity contribution < 1.29 is 35.9 Å². The molecule has 1 saturated heterocycles. The number of carbonyl (C=O) groups is 2. The maximum Gasteiger partial charge on any atom is 0.337 e. The fraction of sp³-hybridized carbons (Fsp3) is 0.222. The highest BCUT2D eigenvalue weighted by Crippen LogP contribution is 2.34. The highest BCUT2D eigenvalue weighted by molar-refractivity contribution is 7.94. The van der Waals surface area contributed by atoms with E-state index in [1.165, 1.54) is 44.6 Å². The number of anilines is 2. The van der Waals surface area contributed by atoms with Crippen LogP contribution >= 0.6 is 11.6 Å². The molecule has 0 atom stereocenters. The molecule has 0 saturated carbocycles. The van der Waals surface area contributed by atoms with E-state index < -0.39 is 36.8 Å². The molecule has 2 aromatic rings. The molecule has 0 radical (unpaired) electrons. The van der Waals surface area contributed by atoms with Crippen LogP contribution in [0.4, 0.5) is 11.4 Å². The number of nitrogens with one attached hydrogen (secondary N) is 1. The van der Waals surface area contributed by atoms with E-state index in [1.54, 1.807) is 0 Å². The average Bonchev–Trinajstić information content (AvgIpc) is 3.00. The summed E-state index contributed by atoms with van der Waals surface area (Å²) in [5, 5.41) is 0.00338. The minimum absolute atomic E-state index is 0.00338. The van der Waals surface area contributed by atoms with Crippen LogP contribution in [0, 0.1) is 0 Å². The van der Waals surface area contributed by atoms with Crippen molar-refractivity contribution >= 4 is 54.9 Å². The molecule has 1 N–H and O–H groups in total. The number of carbonyl (C=O) groups excluding carboxylic acids is 2. The van der Waals surface area contributed by atoms with Crippen molar-refractivity contribution in [3.8, 4) is 5.75 Å². The molecule has 0 unspecified atom stereocenters. The Bertz CT molecular complexity index is 1280. The molecular weight excluding hydrogens is 472 g/mol. The summed E-state index contributed by atoms with van der Waals surface area (Å²) in [6.45, 7) is 0. The van der Waals surface area contributed by atoms with E-state index in [1.807, 2.05) is 0 Å². The lowest BCUT2D eigenvalue weighted by atomic mass is 10.2. The van der Waals surface area contributed by atoms with Crippen molar-refractivity contribution in [1.29, 1.82) is 0 Å². The Kier molecular flexibility index (Phi) is 6.16. The summed E-state index contributed by atoms with van der Waals surface area (Å²) in [5.41, 5.74) is -0.195. The second kappa shape index (κ2) is 8.36. The van der Waals surface area contributed by atoms with E-state index in [0.29, 0.717) is 4.31 Å². The Morgan fingerprint density at radius 3 is 2.45 bits per heavy atom. The van der Waals surface area contributed by atoms with Crippen molar-refractivity contribution in [2.24, 2.45) is 0 Å². The maximum atomic E-state index is 13.1. The highest BCUT2D eigenvalue weighted by Gasteiger charge is 2.37. The number of hydrogen-bond donors (Lipinski definition) is 1. The number of ether oxygens (including phenoxy) is 2. The van der Waals surface area contributed by atoms with Gasteiger partial charge in [-0.1, -0.05) is 11.6 Å². The molecule has 1 aliphatic rings. The van der Waals surface area contributed by atoms with Crippen LogP contribution in [0.5, 0.6) is 5.75 Å². The molecule has 2 aromatic carbocycles. The van der Waals surface area contributed by atoms with Crippen LogP contribution in [-0.2, 0) is 29.6 Å². The predicted octanol–water partition coefficient (Wildman–Crippen LogP) is 2.00. The molecule has 13 heteroatoms. The van der Waals surface area contributed by atoms with E-state index in [0.717, 1.165) is 6.07 Å². The topological polar surface area (TPSA) is 136 Å². The van der Waals surface area contributed by atoms with Crippen LogP contribution in [0.1, 0.15) is 16.8 Å². The highest BCUT2D eigenvalue weighted by atomic mass is 35.5. The van der Waals surface area contributed by atoms with Gasteiger partial charge < -0.3 is 9.47 Å². The number of amides is 1. The van der Waals surface area contributed by atoms with Crippen LogP contribution in [0.2, 0.25) is 5.02 Å².